The Bertz CT molecular complexity index is 83.4. The molecule has 0 unspecified atom stereocenters. The van der Waals surface area contributed by atoms with Crippen molar-refractivity contribution in [1.82, 2.24) is 16.0 Å². The molecule has 0 atom stereocenters. The maximum absolute atomic E-state index is 3.46. The van der Waals surface area contributed by atoms with Crippen molar-refractivity contribution in [3.05, 3.63) is 0 Å². The van der Waals surface area contributed by atoms with Gasteiger partial charge in [-0.3, -0.25) is 10.6 Å². The second-order valence-corrected chi connectivity index (χ2v) is 2.86. The van der Waals surface area contributed by atoms with E-state index in [4.69, 9.17) is 0 Å². The lowest BCUT2D eigenvalue weighted by Gasteiger charge is -2.21. The van der Waals surface area contributed by atoms with E-state index in [-0.39, 0.29) is 5.66 Å². The molecule has 0 radical (unpaired) electrons. The smallest absolute Gasteiger partial charge is 0.0828 e. The van der Waals surface area contributed by atoms with Gasteiger partial charge in [-0.1, -0.05) is 0 Å². The molecule has 3 heteroatoms. The second-order valence-electron chi connectivity index (χ2n) is 2.86. The van der Waals surface area contributed by atoms with Crippen LogP contribution in [0.3, 0.4) is 0 Å². The summed E-state index contributed by atoms with van der Waals surface area (Å²) in [4.78, 5) is 0. The van der Waals surface area contributed by atoms with Gasteiger partial charge < -0.3 is 5.32 Å². The highest BCUT2D eigenvalue weighted by atomic mass is 15.3. The molecule has 2 aliphatic rings. The van der Waals surface area contributed by atoms with E-state index in [2.05, 4.69) is 16.0 Å². The zero-order valence-corrected chi connectivity index (χ0v) is 5.54. The largest absolute Gasteiger partial charge is 0.313 e. The van der Waals surface area contributed by atoms with Gasteiger partial charge in [0.2, 0.25) is 0 Å². The van der Waals surface area contributed by atoms with E-state index in [1.807, 2.05) is 0 Å². The number of hydrogen-bond acceptors (Lipinski definition) is 3. The van der Waals surface area contributed by atoms with E-state index in [0.717, 1.165) is 26.2 Å². The number of rotatable bonds is 0. The molecule has 0 amide bonds. The standard InChI is InChI=1S/C6H13N3/c1-2-7-5-6(1)8-3-4-9-6/h7-9H,1-5H2. The maximum Gasteiger partial charge on any atom is 0.0828 e. The molecule has 2 aliphatic heterocycles. The Labute approximate surface area is 55.2 Å². The van der Waals surface area contributed by atoms with Gasteiger partial charge in [-0.15, -0.1) is 0 Å². The van der Waals surface area contributed by atoms with Crippen LogP contribution in [-0.4, -0.2) is 31.8 Å². The minimum atomic E-state index is 0.278. The molecule has 2 rings (SSSR count). The van der Waals surface area contributed by atoms with Gasteiger partial charge in [-0.05, 0) is 13.0 Å². The van der Waals surface area contributed by atoms with E-state index >= 15 is 0 Å². The molecular formula is C6H13N3. The van der Waals surface area contributed by atoms with E-state index in [9.17, 15) is 0 Å². The van der Waals surface area contributed by atoms with Crippen molar-refractivity contribution in [2.24, 2.45) is 0 Å². The SMILES string of the molecule is C1CC2(CN1)NCCN2. The Hall–Kier alpha value is -0.120. The summed E-state index contributed by atoms with van der Waals surface area (Å²) in [6.45, 7) is 4.50. The van der Waals surface area contributed by atoms with Crippen LogP contribution in [0.2, 0.25) is 0 Å². The van der Waals surface area contributed by atoms with Crippen LogP contribution in [0.4, 0.5) is 0 Å². The van der Waals surface area contributed by atoms with E-state index < -0.39 is 0 Å². The predicted molar refractivity (Wildman–Crippen MR) is 36.2 cm³/mol. The minimum Gasteiger partial charge on any atom is -0.313 e. The molecule has 0 aliphatic carbocycles. The van der Waals surface area contributed by atoms with Gasteiger partial charge in [0.15, 0.2) is 0 Å². The molecule has 3 nitrogen and oxygen atoms in total. The predicted octanol–water partition coefficient (Wildman–Crippen LogP) is -1.13. The summed E-state index contributed by atoms with van der Waals surface area (Å²) >= 11 is 0. The third-order valence-corrected chi connectivity index (χ3v) is 2.21. The molecule has 0 aromatic carbocycles. The van der Waals surface area contributed by atoms with Crippen LogP contribution in [0.25, 0.3) is 0 Å². The fourth-order valence-electron chi connectivity index (χ4n) is 1.66. The van der Waals surface area contributed by atoms with Crippen molar-refractivity contribution in [1.29, 1.82) is 0 Å². The molecule has 9 heavy (non-hydrogen) atoms. The third-order valence-electron chi connectivity index (χ3n) is 2.21. The highest BCUT2D eigenvalue weighted by Crippen LogP contribution is 2.12. The van der Waals surface area contributed by atoms with E-state index in [1.165, 1.54) is 6.42 Å². The summed E-state index contributed by atoms with van der Waals surface area (Å²) in [5, 5.41) is 10.2. The Kier molecular flexibility index (Phi) is 1.22. The highest BCUT2D eigenvalue weighted by Gasteiger charge is 2.35. The molecule has 0 aromatic heterocycles. The van der Waals surface area contributed by atoms with Crippen LogP contribution >= 0.6 is 0 Å². The van der Waals surface area contributed by atoms with Crippen LogP contribution < -0.4 is 16.0 Å². The molecule has 1 spiro atoms. The van der Waals surface area contributed by atoms with Crippen molar-refractivity contribution in [2.75, 3.05) is 26.2 Å². The van der Waals surface area contributed by atoms with Gasteiger partial charge in [0.25, 0.3) is 0 Å². The Balaban J connectivity index is 2.04. The lowest BCUT2D eigenvalue weighted by atomic mass is 10.1. The first-order chi connectivity index (χ1) is 4.41. The topological polar surface area (TPSA) is 36.1 Å². The molecule has 2 heterocycles. The Morgan fingerprint density at radius 1 is 1.00 bits per heavy atom. The van der Waals surface area contributed by atoms with Gasteiger partial charge >= 0.3 is 0 Å². The summed E-state index contributed by atoms with van der Waals surface area (Å²) in [5.74, 6) is 0. The fraction of sp³-hybridized carbons (Fsp3) is 1.00. The minimum absolute atomic E-state index is 0.278. The summed E-state index contributed by atoms with van der Waals surface area (Å²) in [6.07, 6.45) is 1.23. The summed E-state index contributed by atoms with van der Waals surface area (Å²) < 4.78 is 0. The molecule has 3 N–H and O–H groups in total. The lowest BCUT2D eigenvalue weighted by molar-refractivity contribution is 0.370. The average molecular weight is 127 g/mol. The number of hydrogen-bond donors (Lipinski definition) is 3. The lowest BCUT2D eigenvalue weighted by Crippen LogP contribution is -2.50. The fourth-order valence-corrected chi connectivity index (χ4v) is 1.66. The van der Waals surface area contributed by atoms with E-state index in [0.29, 0.717) is 0 Å². The highest BCUT2D eigenvalue weighted by molar-refractivity contribution is 4.97. The first-order valence-corrected chi connectivity index (χ1v) is 3.62. The van der Waals surface area contributed by atoms with Crippen LogP contribution in [-0.2, 0) is 0 Å². The Morgan fingerprint density at radius 2 is 1.78 bits per heavy atom. The summed E-state index contributed by atoms with van der Waals surface area (Å²) in [7, 11) is 0. The molecule has 2 fully saturated rings. The zero-order valence-electron chi connectivity index (χ0n) is 5.54. The second kappa shape index (κ2) is 1.94. The average Bonchev–Trinajstić information content (AvgIpc) is 2.45. The van der Waals surface area contributed by atoms with Crippen LogP contribution in [0.5, 0.6) is 0 Å². The van der Waals surface area contributed by atoms with Crippen LogP contribution in [0.15, 0.2) is 0 Å². The van der Waals surface area contributed by atoms with Crippen molar-refractivity contribution in [3.8, 4) is 0 Å². The molecule has 2 saturated heterocycles. The zero-order chi connectivity index (χ0) is 6.16. The van der Waals surface area contributed by atoms with Crippen molar-refractivity contribution in [3.63, 3.8) is 0 Å². The van der Waals surface area contributed by atoms with Crippen molar-refractivity contribution >= 4 is 0 Å². The van der Waals surface area contributed by atoms with Gasteiger partial charge in [0, 0.05) is 19.6 Å². The molecular weight excluding hydrogens is 114 g/mol. The third kappa shape index (κ3) is 0.852. The summed E-state index contributed by atoms with van der Waals surface area (Å²) in [5.41, 5.74) is 0.278. The molecule has 0 saturated carbocycles. The van der Waals surface area contributed by atoms with Gasteiger partial charge in [0.1, 0.15) is 0 Å². The monoisotopic (exact) mass is 127 g/mol. The summed E-state index contributed by atoms with van der Waals surface area (Å²) in [6, 6.07) is 0. The van der Waals surface area contributed by atoms with Gasteiger partial charge in [-0.25, -0.2) is 0 Å². The number of nitrogens with one attached hydrogen (secondary N) is 3. The van der Waals surface area contributed by atoms with Crippen LogP contribution in [0.1, 0.15) is 6.42 Å². The normalized spacial score (nSPS) is 32.0. The van der Waals surface area contributed by atoms with Crippen LogP contribution in [0, 0.1) is 0 Å². The Morgan fingerprint density at radius 3 is 2.33 bits per heavy atom. The van der Waals surface area contributed by atoms with E-state index in [1.54, 1.807) is 0 Å². The first-order valence-electron chi connectivity index (χ1n) is 3.62. The molecule has 0 aromatic rings. The maximum atomic E-state index is 3.46. The van der Waals surface area contributed by atoms with Crippen molar-refractivity contribution in [2.45, 2.75) is 12.1 Å². The molecule has 0 bridgehead atoms. The van der Waals surface area contributed by atoms with Gasteiger partial charge in [-0.2, -0.15) is 0 Å². The van der Waals surface area contributed by atoms with Gasteiger partial charge in [0.05, 0.1) is 5.66 Å². The molecule has 52 valence electrons. The quantitative estimate of drug-likeness (QED) is 0.385. The van der Waals surface area contributed by atoms with Crippen molar-refractivity contribution < 1.29 is 0 Å². The first kappa shape index (κ1) is 5.65.